The van der Waals surface area contributed by atoms with Crippen molar-refractivity contribution >= 4 is 11.8 Å². The maximum absolute atomic E-state index is 13.3. The molecule has 3 nitrogen and oxygen atoms in total. The summed E-state index contributed by atoms with van der Waals surface area (Å²) in [5.74, 6) is -2.87. The van der Waals surface area contributed by atoms with Gasteiger partial charge in [0.2, 0.25) is 0 Å². The van der Waals surface area contributed by atoms with Gasteiger partial charge in [-0.25, -0.2) is 4.39 Å². The molecule has 0 bridgehead atoms. The second kappa shape index (κ2) is 9.98. The van der Waals surface area contributed by atoms with Crippen LogP contribution in [0.2, 0.25) is 0 Å². The molecular weight excluding hydrogens is 436 g/mol. The highest BCUT2D eigenvalue weighted by Gasteiger charge is 2.30. The topological polar surface area (TPSA) is 54.4 Å². The number of aliphatic carboxylic acids is 1. The Labute approximate surface area is 188 Å². The molecule has 0 saturated heterocycles. The van der Waals surface area contributed by atoms with E-state index >= 15 is 0 Å². The van der Waals surface area contributed by atoms with Gasteiger partial charge in [-0.05, 0) is 71.6 Å². The molecule has 33 heavy (non-hydrogen) atoms. The van der Waals surface area contributed by atoms with Crippen LogP contribution in [-0.2, 0) is 11.0 Å². The third-order valence-electron chi connectivity index (χ3n) is 5.42. The van der Waals surface area contributed by atoms with Crippen LogP contribution in [0, 0.1) is 5.82 Å². The van der Waals surface area contributed by atoms with Crippen LogP contribution in [0.1, 0.15) is 59.2 Å². The Kier molecular flexibility index (Phi) is 7.31. The van der Waals surface area contributed by atoms with Crippen LogP contribution in [0.25, 0.3) is 11.1 Å². The summed E-state index contributed by atoms with van der Waals surface area (Å²) in [6.45, 7) is 1.93. The number of halogens is 4. The molecule has 172 valence electrons. The zero-order valence-corrected chi connectivity index (χ0v) is 17.8. The normalized spacial score (nSPS) is 12.4. The van der Waals surface area contributed by atoms with E-state index in [1.807, 2.05) is 6.92 Å². The second-order valence-electron chi connectivity index (χ2n) is 7.79. The zero-order valence-electron chi connectivity index (χ0n) is 17.8. The summed E-state index contributed by atoms with van der Waals surface area (Å²) in [6.07, 6.45) is -2.70. The summed E-state index contributed by atoms with van der Waals surface area (Å²) in [5, 5.41) is 9.77. The predicted octanol–water partition coefficient (Wildman–Crippen LogP) is 7.10. The Bertz CT molecular complexity index is 1130. The van der Waals surface area contributed by atoms with E-state index in [0.717, 1.165) is 30.7 Å². The molecule has 3 aromatic rings. The van der Waals surface area contributed by atoms with Crippen molar-refractivity contribution in [3.05, 3.63) is 94.8 Å². The van der Waals surface area contributed by atoms with Crippen LogP contribution in [-0.4, -0.2) is 16.9 Å². The minimum Gasteiger partial charge on any atom is -0.481 e. The third kappa shape index (κ3) is 5.86. The lowest BCUT2D eigenvalue weighted by Crippen LogP contribution is -2.13. The molecule has 0 amide bonds. The molecule has 0 aliphatic rings. The molecule has 1 N–H and O–H groups in total. The van der Waals surface area contributed by atoms with Gasteiger partial charge in [-0.2, -0.15) is 13.2 Å². The monoisotopic (exact) mass is 458 g/mol. The summed E-state index contributed by atoms with van der Waals surface area (Å²) in [4.78, 5) is 25.0. The number of hydrogen-bond donors (Lipinski definition) is 1. The number of unbranched alkanes of at least 4 members (excludes halogenated alkanes) is 1. The lowest BCUT2D eigenvalue weighted by atomic mass is 9.88. The number of alkyl halides is 3. The van der Waals surface area contributed by atoms with E-state index in [1.165, 1.54) is 36.4 Å². The molecule has 7 heteroatoms. The Hall–Kier alpha value is -3.48. The van der Waals surface area contributed by atoms with Crippen LogP contribution < -0.4 is 0 Å². The van der Waals surface area contributed by atoms with Crippen molar-refractivity contribution in [1.29, 1.82) is 0 Å². The summed E-state index contributed by atoms with van der Waals surface area (Å²) < 4.78 is 52.1. The SMILES string of the molecule is CCCCC(C(=O)O)c1cc(C(=O)c2ccc(F)cc2)cc(-c2ccc(C(F)(F)F)cc2)c1. The van der Waals surface area contributed by atoms with Crippen molar-refractivity contribution in [2.24, 2.45) is 0 Å². The summed E-state index contributed by atoms with van der Waals surface area (Å²) in [5.41, 5.74) is 0.811. The molecule has 3 rings (SSSR count). The summed E-state index contributed by atoms with van der Waals surface area (Å²) in [7, 11) is 0. The average Bonchev–Trinajstić information content (AvgIpc) is 2.78. The van der Waals surface area contributed by atoms with E-state index in [4.69, 9.17) is 0 Å². The van der Waals surface area contributed by atoms with Gasteiger partial charge in [-0.1, -0.05) is 38.0 Å². The first-order chi connectivity index (χ1) is 15.6. The van der Waals surface area contributed by atoms with Gasteiger partial charge in [0.25, 0.3) is 0 Å². The Morgan fingerprint density at radius 2 is 1.52 bits per heavy atom. The number of carbonyl (C=O) groups excluding carboxylic acids is 1. The van der Waals surface area contributed by atoms with Gasteiger partial charge in [0.15, 0.2) is 5.78 Å². The summed E-state index contributed by atoms with van der Waals surface area (Å²) >= 11 is 0. The fourth-order valence-electron chi connectivity index (χ4n) is 3.61. The number of carbonyl (C=O) groups is 2. The highest BCUT2D eigenvalue weighted by molar-refractivity contribution is 6.09. The number of hydrogen-bond acceptors (Lipinski definition) is 2. The smallest absolute Gasteiger partial charge is 0.416 e. The molecule has 0 spiro atoms. The van der Waals surface area contributed by atoms with Crippen molar-refractivity contribution in [3.63, 3.8) is 0 Å². The molecule has 1 unspecified atom stereocenters. The molecule has 0 aromatic heterocycles. The Balaban J connectivity index is 2.11. The van der Waals surface area contributed by atoms with E-state index in [1.54, 1.807) is 6.07 Å². The number of benzene rings is 3. The molecule has 0 radical (unpaired) electrons. The van der Waals surface area contributed by atoms with E-state index in [-0.39, 0.29) is 11.1 Å². The third-order valence-corrected chi connectivity index (χ3v) is 5.42. The van der Waals surface area contributed by atoms with Crippen molar-refractivity contribution in [2.45, 2.75) is 38.3 Å². The fraction of sp³-hybridized carbons (Fsp3) is 0.231. The molecule has 0 saturated carbocycles. The van der Waals surface area contributed by atoms with Gasteiger partial charge in [-0.15, -0.1) is 0 Å². The van der Waals surface area contributed by atoms with Gasteiger partial charge < -0.3 is 5.11 Å². The van der Waals surface area contributed by atoms with Gasteiger partial charge in [-0.3, -0.25) is 9.59 Å². The maximum atomic E-state index is 13.3. The van der Waals surface area contributed by atoms with Gasteiger partial charge >= 0.3 is 12.1 Å². The van der Waals surface area contributed by atoms with Crippen molar-refractivity contribution in [2.75, 3.05) is 0 Å². The number of rotatable bonds is 8. The number of carboxylic acid groups (broad SMARTS) is 1. The quantitative estimate of drug-likeness (QED) is 0.289. The lowest BCUT2D eigenvalue weighted by Gasteiger charge is -2.16. The van der Waals surface area contributed by atoms with Crippen LogP contribution in [0.5, 0.6) is 0 Å². The van der Waals surface area contributed by atoms with Gasteiger partial charge in [0, 0.05) is 11.1 Å². The number of ketones is 1. The predicted molar refractivity (Wildman–Crippen MR) is 117 cm³/mol. The van der Waals surface area contributed by atoms with E-state index in [9.17, 15) is 32.3 Å². The first-order valence-electron chi connectivity index (χ1n) is 10.5. The van der Waals surface area contributed by atoms with Crippen molar-refractivity contribution in [1.82, 2.24) is 0 Å². The average molecular weight is 458 g/mol. The first kappa shape index (κ1) is 24.2. The molecular formula is C26H22F4O3. The first-order valence-corrected chi connectivity index (χ1v) is 10.5. The molecule has 0 fully saturated rings. The number of carboxylic acids is 1. The van der Waals surface area contributed by atoms with Crippen molar-refractivity contribution < 1.29 is 32.3 Å². The minimum absolute atomic E-state index is 0.178. The van der Waals surface area contributed by atoms with E-state index in [2.05, 4.69) is 0 Å². The summed E-state index contributed by atoms with van der Waals surface area (Å²) in [6, 6.07) is 14.0. The van der Waals surface area contributed by atoms with E-state index in [0.29, 0.717) is 29.5 Å². The molecule has 0 aliphatic carbocycles. The lowest BCUT2D eigenvalue weighted by molar-refractivity contribution is -0.139. The molecule has 3 aromatic carbocycles. The Morgan fingerprint density at radius 1 is 0.879 bits per heavy atom. The van der Waals surface area contributed by atoms with Gasteiger partial charge in [0.05, 0.1) is 11.5 Å². The van der Waals surface area contributed by atoms with Gasteiger partial charge in [0.1, 0.15) is 5.82 Å². The van der Waals surface area contributed by atoms with Crippen molar-refractivity contribution in [3.8, 4) is 11.1 Å². The fourth-order valence-corrected chi connectivity index (χ4v) is 3.61. The van der Waals surface area contributed by atoms with Crippen LogP contribution >= 0.6 is 0 Å². The highest BCUT2D eigenvalue weighted by atomic mass is 19.4. The second-order valence-corrected chi connectivity index (χ2v) is 7.79. The zero-order chi connectivity index (χ0) is 24.2. The highest BCUT2D eigenvalue weighted by Crippen LogP contribution is 2.33. The van der Waals surface area contributed by atoms with Crippen LogP contribution in [0.4, 0.5) is 17.6 Å². The Morgan fingerprint density at radius 3 is 2.06 bits per heavy atom. The van der Waals surface area contributed by atoms with E-state index < -0.39 is 35.2 Å². The molecule has 1 atom stereocenters. The molecule has 0 heterocycles. The minimum atomic E-state index is -4.49. The molecule has 0 aliphatic heterocycles. The largest absolute Gasteiger partial charge is 0.481 e. The maximum Gasteiger partial charge on any atom is 0.416 e. The standard InChI is InChI=1S/C26H22F4O3/c1-2-3-4-23(25(32)33)19-13-18(16-5-9-21(10-6-16)26(28,29)30)14-20(15-19)24(31)17-7-11-22(27)12-8-17/h5-15,23H,2-4H2,1H3,(H,32,33). The van der Waals surface area contributed by atoms with Crippen LogP contribution in [0.3, 0.4) is 0 Å². The van der Waals surface area contributed by atoms with Crippen LogP contribution in [0.15, 0.2) is 66.7 Å².